The highest BCUT2D eigenvalue weighted by Crippen LogP contribution is 2.18. The fraction of sp³-hybridized carbons (Fsp3) is 0.167. The molecule has 0 aliphatic rings. The highest BCUT2D eigenvalue weighted by Gasteiger charge is 2.16. The SMILES string of the molecule is CC(=O)Nc1ccc(C(=O)COC(=O)c2cccc(OC(F)F)c2)c(F)c1. The molecule has 2 rings (SSSR count). The van der Waals surface area contributed by atoms with Gasteiger partial charge in [0.1, 0.15) is 11.6 Å². The Labute approximate surface area is 151 Å². The number of halogens is 3. The van der Waals surface area contributed by atoms with Crippen molar-refractivity contribution in [1.82, 2.24) is 0 Å². The summed E-state index contributed by atoms with van der Waals surface area (Å²) in [4.78, 5) is 34.9. The molecule has 9 heteroatoms. The molecule has 0 spiro atoms. The molecule has 0 fully saturated rings. The maximum absolute atomic E-state index is 14.0. The molecule has 2 aromatic rings. The van der Waals surface area contributed by atoms with Crippen LogP contribution in [0.4, 0.5) is 18.9 Å². The normalized spacial score (nSPS) is 10.4. The maximum Gasteiger partial charge on any atom is 0.387 e. The van der Waals surface area contributed by atoms with Crippen LogP contribution >= 0.6 is 0 Å². The summed E-state index contributed by atoms with van der Waals surface area (Å²) in [7, 11) is 0. The van der Waals surface area contributed by atoms with Crippen molar-refractivity contribution in [2.45, 2.75) is 13.5 Å². The van der Waals surface area contributed by atoms with Gasteiger partial charge in [-0.25, -0.2) is 9.18 Å². The number of alkyl halides is 2. The minimum Gasteiger partial charge on any atom is -0.454 e. The molecular formula is C18H14F3NO5. The van der Waals surface area contributed by atoms with E-state index in [-0.39, 0.29) is 22.6 Å². The van der Waals surface area contributed by atoms with E-state index >= 15 is 0 Å². The van der Waals surface area contributed by atoms with Gasteiger partial charge in [0, 0.05) is 12.6 Å². The summed E-state index contributed by atoms with van der Waals surface area (Å²) in [6, 6.07) is 8.27. The van der Waals surface area contributed by atoms with E-state index in [0.29, 0.717) is 0 Å². The first-order valence-electron chi connectivity index (χ1n) is 7.58. The lowest BCUT2D eigenvalue weighted by Gasteiger charge is -2.08. The number of hydrogen-bond acceptors (Lipinski definition) is 5. The highest BCUT2D eigenvalue weighted by atomic mass is 19.3. The molecule has 0 unspecified atom stereocenters. The fourth-order valence-electron chi connectivity index (χ4n) is 2.11. The summed E-state index contributed by atoms with van der Waals surface area (Å²) in [5, 5.41) is 2.36. The van der Waals surface area contributed by atoms with Gasteiger partial charge in [-0.1, -0.05) is 6.07 Å². The van der Waals surface area contributed by atoms with Gasteiger partial charge in [-0.05, 0) is 36.4 Å². The quantitative estimate of drug-likeness (QED) is 0.587. The van der Waals surface area contributed by atoms with E-state index in [1.54, 1.807) is 0 Å². The maximum atomic E-state index is 14.0. The van der Waals surface area contributed by atoms with Crippen LogP contribution in [0.1, 0.15) is 27.6 Å². The predicted molar refractivity (Wildman–Crippen MR) is 88.4 cm³/mol. The molecule has 0 atom stereocenters. The number of carbonyl (C=O) groups is 3. The molecule has 1 N–H and O–H groups in total. The van der Waals surface area contributed by atoms with Gasteiger partial charge >= 0.3 is 12.6 Å². The Kier molecular flexibility index (Phi) is 6.53. The molecule has 27 heavy (non-hydrogen) atoms. The smallest absolute Gasteiger partial charge is 0.387 e. The van der Waals surface area contributed by atoms with Gasteiger partial charge in [-0.15, -0.1) is 0 Å². The first kappa shape index (κ1) is 20.0. The molecule has 1 amide bonds. The fourth-order valence-corrected chi connectivity index (χ4v) is 2.11. The van der Waals surface area contributed by atoms with E-state index in [1.165, 1.54) is 31.2 Å². The number of amides is 1. The first-order chi connectivity index (χ1) is 12.8. The summed E-state index contributed by atoms with van der Waals surface area (Å²) in [6.07, 6.45) is 0. The zero-order chi connectivity index (χ0) is 20.0. The van der Waals surface area contributed by atoms with Gasteiger partial charge < -0.3 is 14.8 Å². The summed E-state index contributed by atoms with van der Waals surface area (Å²) >= 11 is 0. The molecule has 2 aromatic carbocycles. The van der Waals surface area contributed by atoms with E-state index in [1.807, 2.05) is 0 Å². The number of anilines is 1. The van der Waals surface area contributed by atoms with Crippen molar-refractivity contribution in [1.29, 1.82) is 0 Å². The molecule has 6 nitrogen and oxygen atoms in total. The van der Waals surface area contributed by atoms with Crippen LogP contribution in [0.5, 0.6) is 5.75 Å². The highest BCUT2D eigenvalue weighted by molar-refractivity contribution is 6.00. The van der Waals surface area contributed by atoms with Gasteiger partial charge in [0.2, 0.25) is 11.7 Å². The van der Waals surface area contributed by atoms with E-state index in [0.717, 1.165) is 18.2 Å². The lowest BCUT2D eigenvalue weighted by Crippen LogP contribution is -2.16. The molecule has 0 saturated carbocycles. The summed E-state index contributed by atoms with van der Waals surface area (Å²) in [5.74, 6) is -3.31. The van der Waals surface area contributed by atoms with Crippen LogP contribution in [-0.2, 0) is 9.53 Å². The second-order valence-corrected chi connectivity index (χ2v) is 5.28. The molecule has 0 radical (unpaired) electrons. The van der Waals surface area contributed by atoms with Crippen molar-refractivity contribution in [2.75, 3.05) is 11.9 Å². The van der Waals surface area contributed by atoms with Crippen LogP contribution in [-0.4, -0.2) is 30.9 Å². The van der Waals surface area contributed by atoms with E-state index in [2.05, 4.69) is 10.1 Å². The van der Waals surface area contributed by atoms with Crippen molar-refractivity contribution in [3.8, 4) is 5.75 Å². The zero-order valence-electron chi connectivity index (χ0n) is 14.0. The Balaban J connectivity index is 2.01. The Hall–Kier alpha value is -3.36. The number of Topliss-reactive ketones (excluding diaryl/α,β-unsaturated/α-hetero) is 1. The van der Waals surface area contributed by atoms with E-state index in [4.69, 9.17) is 4.74 Å². The Morgan fingerprint density at radius 3 is 2.48 bits per heavy atom. The number of rotatable bonds is 7. The van der Waals surface area contributed by atoms with Crippen LogP contribution in [0.3, 0.4) is 0 Å². The number of ether oxygens (including phenoxy) is 2. The lowest BCUT2D eigenvalue weighted by molar-refractivity contribution is -0.114. The summed E-state index contributed by atoms with van der Waals surface area (Å²) < 4.78 is 47.3. The van der Waals surface area contributed by atoms with Crippen LogP contribution in [0.15, 0.2) is 42.5 Å². The number of ketones is 1. The second kappa shape index (κ2) is 8.84. The van der Waals surface area contributed by atoms with Crippen molar-refractivity contribution in [3.63, 3.8) is 0 Å². The topological polar surface area (TPSA) is 81.7 Å². The van der Waals surface area contributed by atoms with E-state index < -0.39 is 36.7 Å². The molecular weight excluding hydrogens is 367 g/mol. The Bertz CT molecular complexity index is 870. The van der Waals surface area contributed by atoms with Crippen LogP contribution in [0.2, 0.25) is 0 Å². The van der Waals surface area contributed by atoms with Gasteiger partial charge in [0.25, 0.3) is 0 Å². The number of carbonyl (C=O) groups excluding carboxylic acids is 3. The lowest BCUT2D eigenvalue weighted by atomic mass is 10.1. The van der Waals surface area contributed by atoms with Crippen LogP contribution < -0.4 is 10.1 Å². The average Bonchev–Trinajstić information content (AvgIpc) is 2.58. The Morgan fingerprint density at radius 1 is 1.11 bits per heavy atom. The summed E-state index contributed by atoms with van der Waals surface area (Å²) in [6.45, 7) is -2.56. The van der Waals surface area contributed by atoms with Gasteiger partial charge in [0.15, 0.2) is 6.61 Å². The van der Waals surface area contributed by atoms with Gasteiger partial charge in [0.05, 0.1) is 11.1 Å². The van der Waals surface area contributed by atoms with Crippen LogP contribution in [0, 0.1) is 5.82 Å². The van der Waals surface area contributed by atoms with Gasteiger partial charge in [-0.2, -0.15) is 8.78 Å². The monoisotopic (exact) mass is 381 g/mol. The minimum absolute atomic E-state index is 0.109. The summed E-state index contributed by atoms with van der Waals surface area (Å²) in [5.41, 5.74) is -0.265. The minimum atomic E-state index is -3.05. The number of esters is 1. The largest absolute Gasteiger partial charge is 0.454 e. The average molecular weight is 381 g/mol. The third-order valence-electron chi connectivity index (χ3n) is 3.22. The van der Waals surface area contributed by atoms with E-state index in [9.17, 15) is 27.6 Å². The Morgan fingerprint density at radius 2 is 1.85 bits per heavy atom. The molecule has 0 saturated heterocycles. The molecule has 142 valence electrons. The number of nitrogens with one attached hydrogen (secondary N) is 1. The molecule has 0 aliphatic carbocycles. The standard InChI is InChI=1S/C18H14F3NO5/c1-10(23)22-12-5-6-14(15(19)8-12)16(24)9-26-17(25)11-3-2-4-13(7-11)27-18(20)21/h2-8,18H,9H2,1H3,(H,22,23). The van der Waals surface area contributed by atoms with Crippen molar-refractivity contribution < 1.29 is 37.0 Å². The number of hydrogen-bond donors (Lipinski definition) is 1. The van der Waals surface area contributed by atoms with Gasteiger partial charge in [-0.3, -0.25) is 9.59 Å². The van der Waals surface area contributed by atoms with Crippen LogP contribution in [0.25, 0.3) is 0 Å². The second-order valence-electron chi connectivity index (χ2n) is 5.28. The molecule has 0 heterocycles. The predicted octanol–water partition coefficient (Wildman–Crippen LogP) is 3.43. The molecule has 0 aliphatic heterocycles. The number of benzene rings is 2. The molecule has 0 aromatic heterocycles. The molecule has 0 bridgehead atoms. The van der Waals surface area contributed by atoms with Crippen molar-refractivity contribution in [2.24, 2.45) is 0 Å². The third kappa shape index (κ3) is 5.84. The first-order valence-corrected chi connectivity index (χ1v) is 7.58. The van der Waals surface area contributed by atoms with Crippen molar-refractivity contribution in [3.05, 3.63) is 59.4 Å². The zero-order valence-corrected chi connectivity index (χ0v) is 14.0. The third-order valence-corrected chi connectivity index (χ3v) is 3.22. The van der Waals surface area contributed by atoms with Crippen molar-refractivity contribution >= 4 is 23.3 Å².